The molecule has 0 aromatic carbocycles. The maximum absolute atomic E-state index is 12.5. The van der Waals surface area contributed by atoms with Gasteiger partial charge in [0.25, 0.3) is 17.0 Å². The number of hydrogen-bond donors (Lipinski definition) is 0. The lowest BCUT2D eigenvalue weighted by Gasteiger charge is -2.08. The highest BCUT2D eigenvalue weighted by molar-refractivity contribution is 5.50. The van der Waals surface area contributed by atoms with Gasteiger partial charge in [-0.2, -0.15) is 4.98 Å². The van der Waals surface area contributed by atoms with Crippen molar-refractivity contribution in [2.24, 2.45) is 5.92 Å². The van der Waals surface area contributed by atoms with Crippen molar-refractivity contribution < 1.29 is 4.52 Å². The van der Waals surface area contributed by atoms with E-state index in [1.54, 1.807) is 41.2 Å². The summed E-state index contributed by atoms with van der Waals surface area (Å²) in [6.45, 7) is 4.90. The Labute approximate surface area is 138 Å². The molecule has 3 aromatic heterocycles. The SMILES string of the molecule is CC(C)Cn1cccc(-c2nc(Cn3ccccc3=O)no2)c1=O. The minimum atomic E-state index is -0.168. The number of aromatic nitrogens is 4. The van der Waals surface area contributed by atoms with E-state index in [2.05, 4.69) is 10.1 Å². The van der Waals surface area contributed by atoms with Crippen LogP contribution < -0.4 is 11.1 Å². The minimum absolute atomic E-state index is 0.150. The van der Waals surface area contributed by atoms with Crippen LogP contribution in [-0.2, 0) is 13.1 Å². The molecule has 3 aromatic rings. The Morgan fingerprint density at radius 1 is 1.08 bits per heavy atom. The van der Waals surface area contributed by atoms with Crippen LogP contribution in [0.3, 0.4) is 0 Å². The molecule has 0 aliphatic heterocycles. The highest BCUT2D eigenvalue weighted by atomic mass is 16.5. The minimum Gasteiger partial charge on any atom is -0.334 e. The summed E-state index contributed by atoms with van der Waals surface area (Å²) >= 11 is 0. The summed E-state index contributed by atoms with van der Waals surface area (Å²) in [5.74, 6) is 0.857. The van der Waals surface area contributed by atoms with Crippen LogP contribution in [-0.4, -0.2) is 19.3 Å². The first-order valence-electron chi connectivity index (χ1n) is 7.72. The highest BCUT2D eigenvalue weighted by Gasteiger charge is 2.14. The first-order valence-corrected chi connectivity index (χ1v) is 7.72. The van der Waals surface area contributed by atoms with Crippen LogP contribution in [0, 0.1) is 5.92 Å². The molecule has 0 atom stereocenters. The van der Waals surface area contributed by atoms with Crippen molar-refractivity contribution in [2.45, 2.75) is 26.9 Å². The standard InChI is InChI=1S/C17H18N4O3/c1-12(2)10-21-9-5-6-13(17(21)23)16-18-14(19-24-16)11-20-8-4-3-7-15(20)22/h3-9,12H,10-11H2,1-2H3. The average Bonchev–Trinajstić information content (AvgIpc) is 3.00. The monoisotopic (exact) mass is 326 g/mol. The Balaban J connectivity index is 1.90. The fourth-order valence-electron chi connectivity index (χ4n) is 2.41. The smallest absolute Gasteiger partial charge is 0.263 e. The van der Waals surface area contributed by atoms with E-state index < -0.39 is 0 Å². The zero-order valence-electron chi connectivity index (χ0n) is 13.5. The number of hydrogen-bond acceptors (Lipinski definition) is 5. The molecule has 0 fully saturated rings. The van der Waals surface area contributed by atoms with Gasteiger partial charge in [0.05, 0.1) is 6.54 Å². The van der Waals surface area contributed by atoms with Crippen LogP contribution in [0.4, 0.5) is 0 Å². The fourth-order valence-corrected chi connectivity index (χ4v) is 2.41. The van der Waals surface area contributed by atoms with Gasteiger partial charge in [0, 0.05) is 25.0 Å². The van der Waals surface area contributed by atoms with Crippen molar-refractivity contribution in [3.63, 3.8) is 0 Å². The van der Waals surface area contributed by atoms with Gasteiger partial charge in [-0.15, -0.1) is 0 Å². The van der Waals surface area contributed by atoms with Gasteiger partial charge in [-0.25, -0.2) is 0 Å². The molecule has 3 rings (SSSR count). The van der Waals surface area contributed by atoms with Crippen molar-refractivity contribution in [2.75, 3.05) is 0 Å². The molecule has 3 heterocycles. The third-order valence-electron chi connectivity index (χ3n) is 3.49. The second-order valence-electron chi connectivity index (χ2n) is 5.96. The summed E-state index contributed by atoms with van der Waals surface area (Å²) in [5.41, 5.74) is 0.0402. The average molecular weight is 326 g/mol. The van der Waals surface area contributed by atoms with Crippen LogP contribution in [0.25, 0.3) is 11.5 Å². The number of nitrogens with zero attached hydrogens (tertiary/aromatic N) is 4. The third-order valence-corrected chi connectivity index (χ3v) is 3.49. The lowest BCUT2D eigenvalue weighted by molar-refractivity contribution is 0.418. The summed E-state index contributed by atoms with van der Waals surface area (Å²) in [6.07, 6.45) is 3.39. The second-order valence-corrected chi connectivity index (χ2v) is 5.96. The Morgan fingerprint density at radius 3 is 2.62 bits per heavy atom. The Hall–Kier alpha value is -2.96. The molecule has 0 bridgehead atoms. The van der Waals surface area contributed by atoms with E-state index in [0.29, 0.717) is 23.9 Å². The van der Waals surface area contributed by atoms with Crippen molar-refractivity contribution in [1.82, 2.24) is 19.3 Å². The molecule has 0 aliphatic rings. The maximum atomic E-state index is 12.5. The molecule has 124 valence electrons. The molecule has 0 spiro atoms. The topological polar surface area (TPSA) is 82.9 Å². The Kier molecular flexibility index (Phi) is 4.41. The molecule has 0 saturated carbocycles. The maximum Gasteiger partial charge on any atom is 0.263 e. The van der Waals surface area contributed by atoms with Crippen molar-refractivity contribution in [1.29, 1.82) is 0 Å². The molecular formula is C17H18N4O3. The van der Waals surface area contributed by atoms with Crippen LogP contribution in [0.1, 0.15) is 19.7 Å². The molecule has 0 aliphatic carbocycles. The summed E-state index contributed by atoms with van der Waals surface area (Å²) in [6, 6.07) is 8.32. The van der Waals surface area contributed by atoms with E-state index in [-0.39, 0.29) is 23.6 Å². The zero-order valence-corrected chi connectivity index (χ0v) is 13.5. The molecule has 7 nitrogen and oxygen atoms in total. The van der Waals surface area contributed by atoms with E-state index in [0.717, 1.165) is 0 Å². The van der Waals surface area contributed by atoms with Gasteiger partial charge in [0.15, 0.2) is 5.82 Å². The van der Waals surface area contributed by atoms with Gasteiger partial charge >= 0.3 is 0 Å². The van der Waals surface area contributed by atoms with E-state index in [4.69, 9.17) is 4.52 Å². The number of pyridine rings is 2. The van der Waals surface area contributed by atoms with Crippen LogP contribution in [0.2, 0.25) is 0 Å². The van der Waals surface area contributed by atoms with E-state index in [1.165, 1.54) is 10.6 Å². The zero-order chi connectivity index (χ0) is 17.1. The van der Waals surface area contributed by atoms with E-state index in [9.17, 15) is 9.59 Å². The lowest BCUT2D eigenvalue weighted by Crippen LogP contribution is -2.23. The summed E-state index contributed by atoms with van der Waals surface area (Å²) in [7, 11) is 0. The fraction of sp³-hybridized carbons (Fsp3) is 0.294. The van der Waals surface area contributed by atoms with Gasteiger partial charge in [0.1, 0.15) is 5.56 Å². The van der Waals surface area contributed by atoms with Gasteiger partial charge in [-0.1, -0.05) is 25.1 Å². The highest BCUT2D eigenvalue weighted by Crippen LogP contribution is 2.13. The molecule has 0 amide bonds. The largest absolute Gasteiger partial charge is 0.334 e. The molecule has 24 heavy (non-hydrogen) atoms. The molecular weight excluding hydrogens is 308 g/mol. The van der Waals surface area contributed by atoms with Crippen molar-refractivity contribution in [3.05, 3.63) is 69.3 Å². The van der Waals surface area contributed by atoms with E-state index >= 15 is 0 Å². The predicted octanol–water partition coefficient (Wildman–Crippen LogP) is 1.76. The quantitative estimate of drug-likeness (QED) is 0.713. The van der Waals surface area contributed by atoms with Crippen LogP contribution in [0.5, 0.6) is 0 Å². The third kappa shape index (κ3) is 3.34. The van der Waals surface area contributed by atoms with Gasteiger partial charge in [-0.3, -0.25) is 9.59 Å². The second kappa shape index (κ2) is 6.66. The van der Waals surface area contributed by atoms with Crippen LogP contribution >= 0.6 is 0 Å². The first-order chi connectivity index (χ1) is 11.5. The Morgan fingerprint density at radius 2 is 1.88 bits per heavy atom. The summed E-state index contributed by atoms with van der Waals surface area (Å²) in [5, 5.41) is 3.87. The normalized spacial score (nSPS) is 11.1. The predicted molar refractivity (Wildman–Crippen MR) is 88.6 cm³/mol. The summed E-state index contributed by atoms with van der Waals surface area (Å²) < 4.78 is 8.31. The van der Waals surface area contributed by atoms with Crippen LogP contribution in [0.15, 0.2) is 56.8 Å². The lowest BCUT2D eigenvalue weighted by atomic mass is 10.2. The molecule has 0 radical (unpaired) electrons. The first kappa shape index (κ1) is 15.9. The molecule has 0 unspecified atom stereocenters. The molecule has 0 saturated heterocycles. The van der Waals surface area contributed by atoms with Crippen molar-refractivity contribution >= 4 is 0 Å². The molecule has 0 N–H and O–H groups in total. The van der Waals surface area contributed by atoms with Gasteiger partial charge < -0.3 is 13.7 Å². The van der Waals surface area contributed by atoms with Gasteiger partial charge in [-0.05, 0) is 24.1 Å². The van der Waals surface area contributed by atoms with E-state index in [1.807, 2.05) is 13.8 Å². The summed E-state index contributed by atoms with van der Waals surface area (Å²) in [4.78, 5) is 28.5. The Bertz CT molecular complexity index is 952. The van der Waals surface area contributed by atoms with Gasteiger partial charge in [0.2, 0.25) is 0 Å². The molecule has 7 heteroatoms. The van der Waals surface area contributed by atoms with Crippen molar-refractivity contribution in [3.8, 4) is 11.5 Å². The number of rotatable bonds is 5.